The van der Waals surface area contributed by atoms with Gasteiger partial charge < -0.3 is 19.9 Å². The molecule has 1 fully saturated rings. The van der Waals surface area contributed by atoms with Crippen molar-refractivity contribution in [1.82, 2.24) is 4.90 Å². The van der Waals surface area contributed by atoms with Crippen LogP contribution >= 0.6 is 0 Å². The van der Waals surface area contributed by atoms with Crippen LogP contribution in [-0.4, -0.2) is 70.2 Å². The van der Waals surface area contributed by atoms with Crippen LogP contribution in [0.25, 0.3) is 0 Å². The van der Waals surface area contributed by atoms with Crippen LogP contribution in [0.1, 0.15) is 32.6 Å². The van der Waals surface area contributed by atoms with E-state index in [1.807, 2.05) is 0 Å². The average molecular weight is 288 g/mol. The third kappa shape index (κ3) is 8.17. The maximum absolute atomic E-state index is 5.74. The molecule has 0 amide bonds. The van der Waals surface area contributed by atoms with E-state index in [2.05, 4.69) is 11.8 Å². The van der Waals surface area contributed by atoms with E-state index >= 15 is 0 Å². The van der Waals surface area contributed by atoms with Gasteiger partial charge in [0.2, 0.25) is 0 Å². The summed E-state index contributed by atoms with van der Waals surface area (Å²) in [4.78, 5) is 2.43. The minimum Gasteiger partial charge on any atom is -0.379 e. The van der Waals surface area contributed by atoms with E-state index in [-0.39, 0.29) is 0 Å². The maximum Gasteiger partial charge on any atom is 0.0701 e. The molecule has 0 aromatic heterocycles. The van der Waals surface area contributed by atoms with Crippen LogP contribution in [0, 0.1) is 0 Å². The second-order valence-electron chi connectivity index (χ2n) is 5.26. The summed E-state index contributed by atoms with van der Waals surface area (Å²) in [7, 11) is 0. The zero-order chi connectivity index (χ0) is 14.5. The van der Waals surface area contributed by atoms with Crippen LogP contribution in [-0.2, 0) is 14.2 Å². The fourth-order valence-corrected chi connectivity index (χ4v) is 2.43. The molecule has 1 rings (SSSR count). The van der Waals surface area contributed by atoms with Crippen LogP contribution in [0.5, 0.6) is 0 Å². The number of hydrogen-bond donors (Lipinski definition) is 1. The molecule has 0 aromatic rings. The number of hydrogen-bond acceptors (Lipinski definition) is 5. The Balaban J connectivity index is 1.78. The number of unbranched alkanes of at least 4 members (excludes halogenated alkanes) is 1. The van der Waals surface area contributed by atoms with Crippen molar-refractivity contribution in [2.24, 2.45) is 5.73 Å². The number of nitrogens with zero attached hydrogens (tertiary/aromatic N) is 1. The van der Waals surface area contributed by atoms with Gasteiger partial charge in [-0.3, -0.25) is 4.90 Å². The van der Waals surface area contributed by atoms with E-state index in [1.54, 1.807) is 0 Å². The lowest BCUT2D eigenvalue weighted by Gasteiger charge is -2.22. The van der Waals surface area contributed by atoms with E-state index < -0.39 is 0 Å². The van der Waals surface area contributed by atoms with Crippen molar-refractivity contribution < 1.29 is 14.2 Å². The van der Waals surface area contributed by atoms with Crippen molar-refractivity contribution in [3.05, 3.63) is 0 Å². The Bertz CT molecular complexity index is 217. The Hall–Kier alpha value is -0.200. The third-order valence-electron chi connectivity index (χ3n) is 3.68. The summed E-state index contributed by atoms with van der Waals surface area (Å²) >= 11 is 0. The summed E-state index contributed by atoms with van der Waals surface area (Å²) in [6.07, 6.45) is 4.81. The molecule has 0 aromatic carbocycles. The first-order chi connectivity index (χ1) is 9.88. The summed E-state index contributed by atoms with van der Waals surface area (Å²) in [6, 6.07) is 0.565. The number of rotatable bonds is 13. The first kappa shape index (κ1) is 17.9. The molecule has 5 nitrogen and oxygen atoms in total. The minimum atomic E-state index is 0.565. The average Bonchev–Trinajstić information content (AvgIpc) is 2.92. The maximum atomic E-state index is 5.74. The number of ether oxygens (including phenoxy) is 3. The molecule has 0 radical (unpaired) electrons. The lowest BCUT2D eigenvalue weighted by molar-refractivity contribution is 0.00974. The Morgan fingerprint density at radius 2 is 1.65 bits per heavy atom. The Labute approximate surface area is 123 Å². The first-order valence-electron chi connectivity index (χ1n) is 8.05. The second-order valence-corrected chi connectivity index (χ2v) is 5.26. The highest BCUT2D eigenvalue weighted by Crippen LogP contribution is 2.14. The quantitative estimate of drug-likeness (QED) is 0.517. The molecule has 0 saturated carbocycles. The molecule has 1 aliphatic rings. The molecule has 120 valence electrons. The van der Waals surface area contributed by atoms with Crippen LogP contribution in [0.2, 0.25) is 0 Å². The molecule has 1 saturated heterocycles. The highest BCUT2D eigenvalue weighted by atomic mass is 16.5. The number of likely N-dealkylation sites (tertiary alicyclic amines) is 1. The van der Waals surface area contributed by atoms with Gasteiger partial charge in [-0.2, -0.15) is 0 Å². The van der Waals surface area contributed by atoms with Crippen LogP contribution in [0.3, 0.4) is 0 Å². The molecular weight excluding hydrogens is 256 g/mol. The summed E-state index contributed by atoms with van der Waals surface area (Å²) in [6.45, 7) is 9.35. The lowest BCUT2D eigenvalue weighted by Crippen LogP contribution is -2.37. The van der Waals surface area contributed by atoms with Gasteiger partial charge in [-0.25, -0.2) is 0 Å². The zero-order valence-corrected chi connectivity index (χ0v) is 13.0. The standard InChI is InChI=1S/C15H32N2O3/c1-2-3-8-18-10-12-20-13-11-19-9-7-17-6-4-5-15(17)14-16/h15H,2-14,16H2,1H3. The molecule has 1 unspecified atom stereocenters. The predicted octanol–water partition coefficient (Wildman–Crippen LogP) is 1.26. The zero-order valence-electron chi connectivity index (χ0n) is 13.0. The van der Waals surface area contributed by atoms with E-state index in [0.717, 1.165) is 39.3 Å². The van der Waals surface area contributed by atoms with Gasteiger partial charge >= 0.3 is 0 Å². The third-order valence-corrected chi connectivity index (χ3v) is 3.68. The van der Waals surface area contributed by atoms with Crippen molar-refractivity contribution in [1.29, 1.82) is 0 Å². The SMILES string of the molecule is CCCCOCCOCCOCCN1CCCC1CN. The molecule has 2 N–H and O–H groups in total. The lowest BCUT2D eigenvalue weighted by atomic mass is 10.2. The Morgan fingerprint density at radius 3 is 2.30 bits per heavy atom. The van der Waals surface area contributed by atoms with Crippen molar-refractivity contribution >= 4 is 0 Å². The molecular formula is C15H32N2O3. The van der Waals surface area contributed by atoms with Gasteiger partial charge in [0.1, 0.15) is 0 Å². The van der Waals surface area contributed by atoms with E-state index in [0.29, 0.717) is 32.5 Å². The molecule has 0 spiro atoms. The summed E-state index contributed by atoms with van der Waals surface area (Å²) in [5, 5.41) is 0. The minimum absolute atomic E-state index is 0.565. The second kappa shape index (κ2) is 12.5. The molecule has 20 heavy (non-hydrogen) atoms. The topological polar surface area (TPSA) is 57.0 Å². The highest BCUT2D eigenvalue weighted by molar-refractivity contribution is 4.79. The largest absolute Gasteiger partial charge is 0.379 e. The van der Waals surface area contributed by atoms with E-state index in [1.165, 1.54) is 19.3 Å². The number of nitrogens with two attached hydrogens (primary N) is 1. The predicted molar refractivity (Wildman–Crippen MR) is 81.0 cm³/mol. The highest BCUT2D eigenvalue weighted by Gasteiger charge is 2.22. The molecule has 1 atom stereocenters. The van der Waals surface area contributed by atoms with Gasteiger partial charge in [-0.1, -0.05) is 13.3 Å². The van der Waals surface area contributed by atoms with Gasteiger partial charge in [0, 0.05) is 25.7 Å². The van der Waals surface area contributed by atoms with Gasteiger partial charge in [0.05, 0.1) is 33.0 Å². The van der Waals surface area contributed by atoms with Crippen molar-refractivity contribution in [3.8, 4) is 0 Å². The monoisotopic (exact) mass is 288 g/mol. The van der Waals surface area contributed by atoms with Crippen LogP contribution in [0.15, 0.2) is 0 Å². The van der Waals surface area contributed by atoms with Crippen molar-refractivity contribution in [3.63, 3.8) is 0 Å². The molecule has 0 bridgehead atoms. The molecule has 1 heterocycles. The van der Waals surface area contributed by atoms with Crippen molar-refractivity contribution in [2.75, 3.05) is 59.3 Å². The van der Waals surface area contributed by atoms with Gasteiger partial charge in [0.15, 0.2) is 0 Å². The molecule has 1 aliphatic heterocycles. The van der Waals surface area contributed by atoms with Crippen LogP contribution < -0.4 is 5.73 Å². The Kier molecular flexibility index (Phi) is 11.2. The first-order valence-corrected chi connectivity index (χ1v) is 8.05. The van der Waals surface area contributed by atoms with E-state index in [4.69, 9.17) is 19.9 Å². The molecule has 0 aliphatic carbocycles. The van der Waals surface area contributed by atoms with Gasteiger partial charge in [0.25, 0.3) is 0 Å². The normalized spacial score (nSPS) is 19.8. The van der Waals surface area contributed by atoms with Crippen LogP contribution in [0.4, 0.5) is 0 Å². The molecule has 5 heteroatoms. The fraction of sp³-hybridized carbons (Fsp3) is 1.00. The summed E-state index contributed by atoms with van der Waals surface area (Å²) in [5.41, 5.74) is 5.74. The van der Waals surface area contributed by atoms with Gasteiger partial charge in [-0.15, -0.1) is 0 Å². The fourth-order valence-electron chi connectivity index (χ4n) is 2.43. The smallest absolute Gasteiger partial charge is 0.0701 e. The summed E-state index contributed by atoms with van der Waals surface area (Å²) in [5.74, 6) is 0. The van der Waals surface area contributed by atoms with Gasteiger partial charge in [-0.05, 0) is 25.8 Å². The van der Waals surface area contributed by atoms with E-state index in [9.17, 15) is 0 Å². The Morgan fingerprint density at radius 1 is 1.00 bits per heavy atom. The van der Waals surface area contributed by atoms with Crippen molar-refractivity contribution in [2.45, 2.75) is 38.6 Å². The summed E-state index contributed by atoms with van der Waals surface area (Å²) < 4.78 is 16.4.